The third-order valence-corrected chi connectivity index (χ3v) is 4.53. The fraction of sp³-hybridized carbons (Fsp3) is 0.0588. The van der Waals surface area contributed by atoms with Crippen LogP contribution in [0.25, 0.3) is 6.08 Å². The average molecular weight is 355 g/mol. The highest BCUT2D eigenvalue weighted by Crippen LogP contribution is 2.37. The lowest BCUT2D eigenvalue weighted by molar-refractivity contribution is 0.0886. The van der Waals surface area contributed by atoms with Gasteiger partial charge in [-0.15, -0.1) is 0 Å². The Labute approximate surface area is 135 Å². The number of nitrogens with zero attached hydrogens (tertiary/aromatic N) is 1. The van der Waals surface area contributed by atoms with Gasteiger partial charge in [0.05, 0.1) is 5.56 Å². The first-order valence-corrected chi connectivity index (χ1v) is 7.61. The second-order valence-electron chi connectivity index (χ2n) is 5.32. The zero-order valence-corrected chi connectivity index (χ0v) is 13.0. The molecule has 5 heteroatoms. The number of halogens is 1. The smallest absolute Gasteiger partial charge is 0.262 e. The molecular weight excluding hydrogens is 344 g/mol. The number of nitrogens with two attached hydrogens (primary N) is 1. The maximum Gasteiger partial charge on any atom is 0.262 e. The Morgan fingerprint density at radius 1 is 1.09 bits per heavy atom. The molecule has 2 N–H and O–H groups in total. The van der Waals surface area contributed by atoms with E-state index in [4.69, 9.17) is 5.73 Å². The van der Waals surface area contributed by atoms with Crippen molar-refractivity contribution in [2.75, 3.05) is 10.6 Å². The Bertz CT molecular complexity index is 873. The zero-order chi connectivity index (χ0) is 15.4. The Morgan fingerprint density at radius 3 is 2.68 bits per heavy atom. The van der Waals surface area contributed by atoms with Crippen molar-refractivity contribution in [2.45, 2.75) is 6.04 Å². The highest BCUT2D eigenvalue weighted by molar-refractivity contribution is 9.10. The van der Waals surface area contributed by atoms with Crippen LogP contribution in [0, 0.1) is 0 Å². The summed E-state index contributed by atoms with van der Waals surface area (Å²) in [6, 6.07) is 10.2. The maximum atomic E-state index is 12.9. The average Bonchev–Trinajstić information content (AvgIpc) is 2.49. The van der Waals surface area contributed by atoms with E-state index >= 15 is 0 Å². The van der Waals surface area contributed by atoms with E-state index in [1.807, 2.05) is 30.3 Å². The van der Waals surface area contributed by atoms with Crippen molar-refractivity contribution < 1.29 is 9.59 Å². The van der Waals surface area contributed by atoms with Crippen molar-refractivity contribution in [1.82, 2.24) is 0 Å². The molecule has 0 spiro atoms. The molecule has 22 heavy (non-hydrogen) atoms. The minimum atomic E-state index is -0.608. The molecule has 0 fully saturated rings. The molecular formula is C17H11BrN2O2. The summed E-state index contributed by atoms with van der Waals surface area (Å²) in [4.78, 5) is 27.2. The summed E-state index contributed by atoms with van der Waals surface area (Å²) in [5.41, 5.74) is 8.49. The van der Waals surface area contributed by atoms with Gasteiger partial charge >= 0.3 is 0 Å². The summed E-state index contributed by atoms with van der Waals surface area (Å²) in [5.74, 6) is -0.319. The van der Waals surface area contributed by atoms with E-state index in [1.54, 1.807) is 18.2 Å². The van der Waals surface area contributed by atoms with Crippen LogP contribution in [0.3, 0.4) is 0 Å². The molecule has 2 bridgehead atoms. The zero-order valence-electron chi connectivity index (χ0n) is 11.4. The number of carbonyl (C=O) groups is 2. The van der Waals surface area contributed by atoms with Crippen LogP contribution >= 0.6 is 15.9 Å². The van der Waals surface area contributed by atoms with Gasteiger partial charge in [0.25, 0.3) is 5.91 Å². The lowest BCUT2D eigenvalue weighted by Gasteiger charge is -2.37. The van der Waals surface area contributed by atoms with E-state index < -0.39 is 6.04 Å². The van der Waals surface area contributed by atoms with Crippen LogP contribution in [0.4, 0.5) is 11.4 Å². The second-order valence-corrected chi connectivity index (χ2v) is 6.23. The van der Waals surface area contributed by atoms with Gasteiger partial charge in [-0.2, -0.15) is 0 Å². The highest BCUT2D eigenvalue weighted by Gasteiger charge is 2.42. The van der Waals surface area contributed by atoms with Gasteiger partial charge in [0.2, 0.25) is 0 Å². The third-order valence-electron chi connectivity index (χ3n) is 4.04. The molecule has 1 atom stereocenters. The van der Waals surface area contributed by atoms with Crippen molar-refractivity contribution in [1.29, 1.82) is 0 Å². The van der Waals surface area contributed by atoms with E-state index in [0.29, 0.717) is 22.5 Å². The number of hydrogen-bond acceptors (Lipinski definition) is 3. The molecule has 1 aliphatic carbocycles. The lowest BCUT2D eigenvalue weighted by atomic mass is 9.83. The maximum absolute atomic E-state index is 12.9. The van der Waals surface area contributed by atoms with Gasteiger partial charge in [-0.05, 0) is 29.8 Å². The molecule has 4 nitrogen and oxygen atoms in total. The van der Waals surface area contributed by atoms with Crippen molar-refractivity contribution in [3.05, 3.63) is 63.6 Å². The highest BCUT2D eigenvalue weighted by atomic mass is 79.9. The molecule has 108 valence electrons. The predicted molar refractivity (Wildman–Crippen MR) is 89.0 cm³/mol. The van der Waals surface area contributed by atoms with Crippen molar-refractivity contribution >= 4 is 45.1 Å². The van der Waals surface area contributed by atoms with E-state index in [2.05, 4.69) is 15.9 Å². The van der Waals surface area contributed by atoms with Crippen LogP contribution in [0.5, 0.6) is 0 Å². The Balaban J connectivity index is 1.99. The van der Waals surface area contributed by atoms with Crippen LogP contribution in [0.1, 0.15) is 26.3 Å². The van der Waals surface area contributed by atoms with E-state index in [1.165, 1.54) is 4.90 Å². The number of rotatable bonds is 1. The first-order chi connectivity index (χ1) is 10.6. The Kier molecular flexibility index (Phi) is 2.74. The quantitative estimate of drug-likeness (QED) is 0.799. The van der Waals surface area contributed by atoms with Gasteiger partial charge in [0.15, 0.2) is 5.78 Å². The SMILES string of the molecule is Nc1ccc2c3c1C(=O)N(c1cccc(Br)c1)C(C=C2)C3=O. The Hall–Kier alpha value is -2.40. The van der Waals surface area contributed by atoms with Gasteiger partial charge in [-0.3, -0.25) is 14.5 Å². The van der Waals surface area contributed by atoms with Crippen LogP contribution in [0.15, 0.2) is 46.9 Å². The fourth-order valence-corrected chi connectivity index (χ4v) is 3.44. The molecule has 4 rings (SSSR count). The number of carbonyl (C=O) groups excluding carboxylic acids is 2. The number of fused-ring (bicyclic) bond motifs is 1. The first-order valence-electron chi connectivity index (χ1n) is 6.82. The summed E-state index contributed by atoms with van der Waals surface area (Å²) in [6.07, 6.45) is 3.64. The lowest BCUT2D eigenvalue weighted by Crippen LogP contribution is -2.50. The predicted octanol–water partition coefficient (Wildman–Crippen LogP) is 3.27. The number of hydrogen-bond donors (Lipinski definition) is 1. The standard InChI is InChI=1S/C17H11BrN2O2/c18-10-2-1-3-11(8-10)20-13-7-5-9-4-6-12(19)15(17(20)22)14(9)16(13)21/h1-8,13H,19H2. The molecule has 0 saturated carbocycles. The molecule has 0 aromatic heterocycles. The number of amides is 1. The van der Waals surface area contributed by atoms with E-state index in [0.717, 1.165) is 10.0 Å². The molecule has 1 unspecified atom stereocenters. The summed E-state index contributed by atoms with van der Waals surface area (Å²) < 4.78 is 0.845. The number of benzene rings is 2. The molecule has 1 amide bonds. The third kappa shape index (κ3) is 1.69. The minimum absolute atomic E-state index is 0.0839. The summed E-state index contributed by atoms with van der Waals surface area (Å²) in [5, 5.41) is 0. The number of anilines is 2. The molecule has 0 radical (unpaired) electrons. The molecule has 0 saturated heterocycles. The molecule has 1 heterocycles. The normalized spacial score (nSPS) is 18.8. The number of Topliss-reactive ketones (excluding diaryl/α,β-unsaturated/α-hetero) is 1. The van der Waals surface area contributed by atoms with Gasteiger partial charge in [0.1, 0.15) is 6.04 Å². The Morgan fingerprint density at radius 2 is 1.91 bits per heavy atom. The van der Waals surface area contributed by atoms with Crippen molar-refractivity contribution in [2.24, 2.45) is 0 Å². The monoisotopic (exact) mass is 354 g/mol. The van der Waals surface area contributed by atoms with Gasteiger partial charge in [-0.1, -0.05) is 40.2 Å². The van der Waals surface area contributed by atoms with Crippen LogP contribution in [0.2, 0.25) is 0 Å². The number of nitrogen functional groups attached to an aromatic ring is 1. The van der Waals surface area contributed by atoms with Crippen LogP contribution < -0.4 is 10.6 Å². The fourth-order valence-electron chi connectivity index (χ4n) is 3.05. The second kappa shape index (κ2) is 4.55. The molecule has 2 aromatic rings. The number of ketones is 1. The molecule has 1 aliphatic heterocycles. The van der Waals surface area contributed by atoms with Crippen LogP contribution in [-0.4, -0.2) is 17.7 Å². The molecule has 2 aliphatic rings. The van der Waals surface area contributed by atoms with Crippen molar-refractivity contribution in [3.8, 4) is 0 Å². The minimum Gasteiger partial charge on any atom is -0.398 e. The van der Waals surface area contributed by atoms with Gasteiger partial charge in [0, 0.05) is 21.4 Å². The molecule has 2 aromatic carbocycles. The largest absolute Gasteiger partial charge is 0.398 e. The summed E-state index contributed by atoms with van der Waals surface area (Å²) >= 11 is 3.40. The first kappa shape index (κ1) is 13.3. The summed E-state index contributed by atoms with van der Waals surface area (Å²) in [6.45, 7) is 0. The topological polar surface area (TPSA) is 63.4 Å². The summed E-state index contributed by atoms with van der Waals surface area (Å²) in [7, 11) is 0. The van der Waals surface area contributed by atoms with Crippen LogP contribution in [-0.2, 0) is 0 Å². The van der Waals surface area contributed by atoms with Gasteiger partial charge in [-0.25, -0.2) is 0 Å². The van der Waals surface area contributed by atoms with Crippen molar-refractivity contribution in [3.63, 3.8) is 0 Å². The van der Waals surface area contributed by atoms with E-state index in [-0.39, 0.29) is 11.7 Å². The van der Waals surface area contributed by atoms with E-state index in [9.17, 15) is 9.59 Å². The van der Waals surface area contributed by atoms with Gasteiger partial charge < -0.3 is 5.73 Å².